The van der Waals surface area contributed by atoms with Gasteiger partial charge >= 0.3 is 5.97 Å². The number of carbonyl (C=O) groups is 2. The predicted octanol–water partition coefficient (Wildman–Crippen LogP) is 3.60. The molecule has 0 fully saturated rings. The van der Waals surface area contributed by atoms with E-state index in [-0.39, 0.29) is 28.4 Å². The molecule has 4 rings (SSSR count). The van der Waals surface area contributed by atoms with E-state index in [2.05, 4.69) is 41.6 Å². The van der Waals surface area contributed by atoms with Crippen LogP contribution in [-0.2, 0) is 14.9 Å². The number of allylic oxidation sites excluding steroid dienone is 1. The number of tetrazole rings is 1. The Bertz CT molecular complexity index is 1200. The highest BCUT2D eigenvalue weighted by Gasteiger charge is 2.38. The molecule has 0 saturated carbocycles. The monoisotopic (exact) mass is 431 g/mol. The minimum absolute atomic E-state index is 0.0276. The number of esters is 1. The molecular weight excluding hydrogens is 406 g/mol. The summed E-state index contributed by atoms with van der Waals surface area (Å²) in [6.45, 7) is 8.34. The fourth-order valence-corrected chi connectivity index (χ4v) is 3.72. The first kappa shape index (κ1) is 21.4. The van der Waals surface area contributed by atoms with Gasteiger partial charge in [-0.2, -0.15) is 4.68 Å². The maximum atomic E-state index is 13.7. The highest BCUT2D eigenvalue weighted by atomic mass is 16.5. The Morgan fingerprint density at radius 1 is 1.03 bits per heavy atom. The first-order valence-corrected chi connectivity index (χ1v) is 10.3. The second kappa shape index (κ2) is 8.03. The number of ketones is 1. The minimum atomic E-state index is -0.696. The van der Waals surface area contributed by atoms with Gasteiger partial charge in [-0.3, -0.25) is 4.79 Å². The zero-order chi connectivity index (χ0) is 23.0. The minimum Gasteiger partial charge on any atom is -0.464 e. The molecule has 0 aliphatic carbocycles. The molecule has 32 heavy (non-hydrogen) atoms. The van der Waals surface area contributed by atoms with E-state index in [0.717, 1.165) is 16.7 Å². The molecule has 8 heteroatoms. The zero-order valence-electron chi connectivity index (χ0n) is 18.7. The molecule has 1 atom stereocenters. The summed E-state index contributed by atoms with van der Waals surface area (Å²) in [6, 6.07) is 14.4. The van der Waals surface area contributed by atoms with Crippen LogP contribution in [0.4, 0.5) is 5.95 Å². The molecule has 0 bridgehead atoms. The van der Waals surface area contributed by atoms with Crippen molar-refractivity contribution in [1.82, 2.24) is 20.2 Å². The van der Waals surface area contributed by atoms with E-state index in [1.807, 2.05) is 43.3 Å². The highest BCUT2D eigenvalue weighted by Crippen LogP contribution is 2.37. The quantitative estimate of drug-likeness (QED) is 0.498. The maximum absolute atomic E-state index is 13.7. The summed E-state index contributed by atoms with van der Waals surface area (Å²) in [6.07, 6.45) is 0. The van der Waals surface area contributed by atoms with Crippen LogP contribution in [0.25, 0.3) is 0 Å². The van der Waals surface area contributed by atoms with E-state index in [4.69, 9.17) is 4.74 Å². The molecule has 1 aliphatic heterocycles. The Balaban J connectivity index is 1.91. The Morgan fingerprint density at radius 2 is 1.69 bits per heavy atom. The van der Waals surface area contributed by atoms with Crippen LogP contribution in [-0.4, -0.2) is 39.1 Å². The smallest absolute Gasteiger partial charge is 0.355 e. The summed E-state index contributed by atoms with van der Waals surface area (Å²) >= 11 is 0. The van der Waals surface area contributed by atoms with Crippen LogP contribution in [0.2, 0.25) is 0 Å². The molecule has 1 aromatic heterocycles. The molecule has 164 valence electrons. The van der Waals surface area contributed by atoms with Gasteiger partial charge in [0.05, 0.1) is 12.7 Å². The molecule has 0 saturated heterocycles. The molecule has 8 nitrogen and oxygen atoms in total. The third-order valence-electron chi connectivity index (χ3n) is 5.56. The summed E-state index contributed by atoms with van der Waals surface area (Å²) in [7, 11) is 1.27. The Kier molecular flexibility index (Phi) is 5.38. The number of nitrogens with zero attached hydrogens (tertiary/aromatic N) is 4. The number of methoxy groups -OCH3 is 1. The summed E-state index contributed by atoms with van der Waals surface area (Å²) in [5.41, 5.74) is 3.65. The molecule has 3 aromatic rings. The van der Waals surface area contributed by atoms with Gasteiger partial charge in [0.25, 0.3) is 0 Å². The second-order valence-electron chi connectivity index (χ2n) is 8.82. The normalized spacial score (nSPS) is 15.7. The average Bonchev–Trinajstić information content (AvgIpc) is 3.25. The lowest BCUT2D eigenvalue weighted by Gasteiger charge is -2.28. The maximum Gasteiger partial charge on any atom is 0.355 e. The standard InChI is InChI=1S/C24H25N5O3/c1-14-6-8-16(9-7-14)21(30)18-19(22(31)32-5)25-23-26-27-28-29(23)20(18)15-10-12-17(13-11-15)24(2,3)4/h6-13,20H,1-5H3,(H,25,26,28)/t20-/m0/s1. The number of aromatic nitrogens is 4. The van der Waals surface area contributed by atoms with Gasteiger partial charge in [0.15, 0.2) is 5.78 Å². The van der Waals surface area contributed by atoms with Gasteiger partial charge in [-0.25, -0.2) is 4.79 Å². The van der Waals surface area contributed by atoms with E-state index in [9.17, 15) is 9.59 Å². The van der Waals surface area contributed by atoms with Gasteiger partial charge in [0.1, 0.15) is 11.7 Å². The van der Waals surface area contributed by atoms with E-state index < -0.39 is 12.0 Å². The topological polar surface area (TPSA) is 99.0 Å². The number of hydrogen-bond donors (Lipinski definition) is 1. The Morgan fingerprint density at radius 3 is 2.28 bits per heavy atom. The van der Waals surface area contributed by atoms with Crippen molar-refractivity contribution in [3.05, 3.63) is 82.1 Å². The highest BCUT2D eigenvalue weighted by molar-refractivity contribution is 6.14. The summed E-state index contributed by atoms with van der Waals surface area (Å²) in [5.74, 6) is -0.703. The van der Waals surface area contributed by atoms with Crippen molar-refractivity contribution in [2.75, 3.05) is 12.4 Å². The molecule has 0 unspecified atom stereocenters. The summed E-state index contributed by atoms with van der Waals surface area (Å²) in [5, 5.41) is 14.7. The number of carbonyl (C=O) groups excluding carboxylic acids is 2. The van der Waals surface area contributed by atoms with Gasteiger partial charge in [0.2, 0.25) is 5.95 Å². The third-order valence-corrected chi connectivity index (χ3v) is 5.56. The number of benzene rings is 2. The fraction of sp³-hybridized carbons (Fsp3) is 0.292. The Hall–Kier alpha value is -3.81. The van der Waals surface area contributed by atoms with Crippen LogP contribution < -0.4 is 5.32 Å². The Labute approximate surface area is 186 Å². The number of ether oxygens (including phenoxy) is 1. The van der Waals surface area contributed by atoms with Gasteiger partial charge in [-0.1, -0.05) is 80.0 Å². The van der Waals surface area contributed by atoms with Crippen molar-refractivity contribution in [1.29, 1.82) is 0 Å². The SMILES string of the molecule is COC(=O)C1=C(C(=O)c2ccc(C)cc2)[C@H](c2ccc(C(C)(C)C)cc2)n2nnnc2N1. The van der Waals surface area contributed by atoms with Crippen LogP contribution >= 0.6 is 0 Å². The van der Waals surface area contributed by atoms with Gasteiger partial charge < -0.3 is 10.1 Å². The average molecular weight is 431 g/mol. The van der Waals surface area contributed by atoms with Crippen LogP contribution in [0.3, 0.4) is 0 Å². The molecule has 1 N–H and O–H groups in total. The van der Waals surface area contributed by atoms with Crippen molar-refractivity contribution in [3.8, 4) is 0 Å². The van der Waals surface area contributed by atoms with Crippen molar-refractivity contribution in [3.63, 3.8) is 0 Å². The van der Waals surface area contributed by atoms with E-state index in [1.54, 1.807) is 12.1 Å². The number of rotatable bonds is 4. The molecule has 0 spiro atoms. The predicted molar refractivity (Wildman–Crippen MR) is 119 cm³/mol. The van der Waals surface area contributed by atoms with Gasteiger partial charge in [-0.05, 0) is 33.9 Å². The largest absolute Gasteiger partial charge is 0.464 e. The molecule has 2 heterocycles. The van der Waals surface area contributed by atoms with Gasteiger partial charge in [0, 0.05) is 5.56 Å². The van der Waals surface area contributed by atoms with Gasteiger partial charge in [-0.15, -0.1) is 0 Å². The van der Waals surface area contributed by atoms with Crippen molar-refractivity contribution in [2.24, 2.45) is 0 Å². The number of anilines is 1. The van der Waals surface area contributed by atoms with E-state index >= 15 is 0 Å². The molecule has 0 amide bonds. The lowest BCUT2D eigenvalue weighted by molar-refractivity contribution is -0.136. The molecule has 2 aromatic carbocycles. The van der Waals surface area contributed by atoms with Crippen LogP contribution in [0, 0.1) is 6.92 Å². The fourth-order valence-electron chi connectivity index (χ4n) is 3.72. The number of nitrogens with one attached hydrogen (secondary N) is 1. The van der Waals surface area contributed by atoms with Crippen LogP contribution in [0.15, 0.2) is 59.8 Å². The molecule has 0 radical (unpaired) electrons. The number of hydrogen-bond acceptors (Lipinski definition) is 7. The van der Waals surface area contributed by atoms with E-state index in [1.165, 1.54) is 11.8 Å². The number of Topliss-reactive ketones (excluding diaryl/α,β-unsaturated/α-hetero) is 1. The summed E-state index contributed by atoms with van der Waals surface area (Å²) in [4.78, 5) is 26.4. The molecule has 1 aliphatic rings. The van der Waals surface area contributed by atoms with E-state index in [0.29, 0.717) is 5.56 Å². The lowest BCUT2D eigenvalue weighted by atomic mass is 9.84. The number of fused-ring (bicyclic) bond motifs is 1. The second-order valence-corrected chi connectivity index (χ2v) is 8.82. The number of aryl methyl sites for hydroxylation is 1. The first-order valence-electron chi connectivity index (χ1n) is 10.3. The van der Waals surface area contributed by atoms with Crippen molar-refractivity contribution in [2.45, 2.75) is 39.2 Å². The third kappa shape index (κ3) is 3.79. The van der Waals surface area contributed by atoms with Crippen LogP contribution in [0.1, 0.15) is 53.9 Å². The van der Waals surface area contributed by atoms with Crippen molar-refractivity contribution >= 4 is 17.7 Å². The molecular formula is C24H25N5O3. The van der Waals surface area contributed by atoms with Crippen LogP contribution in [0.5, 0.6) is 0 Å². The zero-order valence-corrected chi connectivity index (χ0v) is 18.7. The van der Waals surface area contributed by atoms with Crippen molar-refractivity contribution < 1.29 is 14.3 Å². The summed E-state index contributed by atoms with van der Waals surface area (Å²) < 4.78 is 6.49. The lowest BCUT2D eigenvalue weighted by Crippen LogP contribution is -2.33. The first-order chi connectivity index (χ1) is 15.2.